The van der Waals surface area contributed by atoms with Gasteiger partial charge in [0.15, 0.2) is 0 Å². The Morgan fingerprint density at radius 3 is 2.29 bits per heavy atom. The van der Waals surface area contributed by atoms with Gasteiger partial charge in [0, 0.05) is 32.7 Å². The lowest BCUT2D eigenvalue weighted by Crippen LogP contribution is -2.52. The molecule has 1 heterocycles. The first-order valence-corrected chi connectivity index (χ1v) is 6.85. The Morgan fingerprint density at radius 1 is 1.14 bits per heavy atom. The standard InChI is InChI=1S/C12H22N4O5/c13-9(11(19)20)2-1-3-14-12(21)16-6-4-15(5-7-16)8-10(17)18/h9H,1-8,13H2,(H,14,21)(H,17,18)(H,19,20)/t9-/m0/s1. The molecule has 0 aromatic carbocycles. The minimum absolute atomic E-state index is 0.0114. The average Bonchev–Trinajstić information content (AvgIpc) is 2.43. The number of aliphatic carboxylic acids is 2. The topological polar surface area (TPSA) is 136 Å². The number of hydrogen-bond donors (Lipinski definition) is 4. The molecule has 1 aliphatic heterocycles. The first-order chi connectivity index (χ1) is 9.90. The van der Waals surface area contributed by atoms with Crippen LogP contribution in [0.3, 0.4) is 0 Å². The molecule has 1 aliphatic rings. The first kappa shape index (κ1) is 17.2. The molecule has 1 rings (SSSR count). The molecule has 1 atom stereocenters. The van der Waals surface area contributed by atoms with E-state index in [1.165, 1.54) is 0 Å². The summed E-state index contributed by atoms with van der Waals surface area (Å²) in [6.07, 6.45) is 0.806. The molecular weight excluding hydrogens is 280 g/mol. The van der Waals surface area contributed by atoms with E-state index in [0.717, 1.165) is 0 Å². The third-order valence-electron chi connectivity index (χ3n) is 3.30. The molecule has 9 heteroatoms. The number of urea groups is 1. The SMILES string of the molecule is N[C@@H](CCCNC(=O)N1CCN(CC(=O)O)CC1)C(=O)O. The van der Waals surface area contributed by atoms with Gasteiger partial charge in [-0.3, -0.25) is 14.5 Å². The molecule has 0 aromatic rings. The Kier molecular flexibility index (Phi) is 6.89. The molecule has 5 N–H and O–H groups in total. The third kappa shape index (κ3) is 6.41. The number of piperazine rings is 1. The fourth-order valence-electron chi connectivity index (χ4n) is 2.05. The van der Waals surface area contributed by atoms with Crippen LogP contribution >= 0.6 is 0 Å². The van der Waals surface area contributed by atoms with Crippen LogP contribution in [0.15, 0.2) is 0 Å². The normalized spacial score (nSPS) is 17.3. The number of carboxylic acid groups (broad SMARTS) is 2. The first-order valence-electron chi connectivity index (χ1n) is 6.85. The minimum Gasteiger partial charge on any atom is -0.480 e. The van der Waals surface area contributed by atoms with E-state index < -0.39 is 18.0 Å². The van der Waals surface area contributed by atoms with Gasteiger partial charge in [-0.15, -0.1) is 0 Å². The van der Waals surface area contributed by atoms with Crippen molar-refractivity contribution in [3.8, 4) is 0 Å². The van der Waals surface area contributed by atoms with Crippen LogP contribution in [0.1, 0.15) is 12.8 Å². The molecule has 0 spiro atoms. The number of carbonyl (C=O) groups excluding carboxylic acids is 1. The van der Waals surface area contributed by atoms with Crippen LogP contribution in [0.2, 0.25) is 0 Å². The number of carbonyl (C=O) groups is 3. The lowest BCUT2D eigenvalue weighted by molar-refractivity contribution is -0.139. The molecular formula is C12H22N4O5. The van der Waals surface area contributed by atoms with Crippen molar-refractivity contribution in [2.24, 2.45) is 5.73 Å². The molecule has 0 radical (unpaired) electrons. The predicted molar refractivity (Wildman–Crippen MR) is 73.9 cm³/mol. The van der Waals surface area contributed by atoms with Gasteiger partial charge in [-0.1, -0.05) is 0 Å². The zero-order chi connectivity index (χ0) is 15.8. The highest BCUT2D eigenvalue weighted by Gasteiger charge is 2.21. The Labute approximate surface area is 122 Å². The van der Waals surface area contributed by atoms with Gasteiger partial charge in [0.1, 0.15) is 6.04 Å². The van der Waals surface area contributed by atoms with Gasteiger partial charge in [0.05, 0.1) is 6.54 Å². The second kappa shape index (κ2) is 8.42. The van der Waals surface area contributed by atoms with Crippen molar-refractivity contribution in [2.75, 3.05) is 39.3 Å². The number of carboxylic acids is 2. The van der Waals surface area contributed by atoms with E-state index in [-0.39, 0.29) is 12.6 Å². The summed E-state index contributed by atoms with van der Waals surface area (Å²) in [7, 11) is 0. The van der Waals surface area contributed by atoms with Crippen LogP contribution in [-0.4, -0.2) is 83.3 Å². The van der Waals surface area contributed by atoms with E-state index in [1.807, 2.05) is 0 Å². The van der Waals surface area contributed by atoms with Gasteiger partial charge in [0.2, 0.25) is 0 Å². The van der Waals surface area contributed by atoms with Crippen molar-refractivity contribution in [3.63, 3.8) is 0 Å². The zero-order valence-electron chi connectivity index (χ0n) is 11.8. The number of nitrogens with one attached hydrogen (secondary N) is 1. The Hall–Kier alpha value is -1.87. The molecule has 0 aromatic heterocycles. The highest BCUT2D eigenvalue weighted by molar-refractivity contribution is 5.74. The molecule has 9 nitrogen and oxygen atoms in total. The third-order valence-corrected chi connectivity index (χ3v) is 3.30. The van der Waals surface area contributed by atoms with E-state index in [2.05, 4.69) is 5.32 Å². The maximum atomic E-state index is 11.8. The molecule has 1 saturated heterocycles. The van der Waals surface area contributed by atoms with E-state index >= 15 is 0 Å². The summed E-state index contributed by atoms with van der Waals surface area (Å²) in [6.45, 7) is 2.38. The lowest BCUT2D eigenvalue weighted by atomic mass is 10.2. The quantitative estimate of drug-likeness (QED) is 0.424. The van der Waals surface area contributed by atoms with Crippen LogP contribution in [0.25, 0.3) is 0 Å². The summed E-state index contributed by atoms with van der Waals surface area (Å²) >= 11 is 0. The van der Waals surface area contributed by atoms with Crippen LogP contribution in [0.4, 0.5) is 4.79 Å². The lowest BCUT2D eigenvalue weighted by Gasteiger charge is -2.33. The van der Waals surface area contributed by atoms with Crippen molar-refractivity contribution in [1.29, 1.82) is 0 Å². The second-order valence-corrected chi connectivity index (χ2v) is 4.98. The van der Waals surface area contributed by atoms with Gasteiger partial charge in [-0.2, -0.15) is 0 Å². The van der Waals surface area contributed by atoms with Crippen molar-refractivity contribution in [1.82, 2.24) is 15.1 Å². The van der Waals surface area contributed by atoms with E-state index in [4.69, 9.17) is 15.9 Å². The van der Waals surface area contributed by atoms with E-state index in [1.54, 1.807) is 9.80 Å². The van der Waals surface area contributed by atoms with Crippen molar-refractivity contribution in [2.45, 2.75) is 18.9 Å². The number of hydrogen-bond acceptors (Lipinski definition) is 5. The number of nitrogens with zero attached hydrogens (tertiary/aromatic N) is 2. The fraction of sp³-hybridized carbons (Fsp3) is 0.750. The summed E-state index contributed by atoms with van der Waals surface area (Å²) in [5.41, 5.74) is 5.36. The summed E-state index contributed by atoms with van der Waals surface area (Å²) in [5, 5.41) is 20.0. The highest BCUT2D eigenvalue weighted by atomic mass is 16.4. The summed E-state index contributed by atoms with van der Waals surface area (Å²) in [5.74, 6) is -1.92. The summed E-state index contributed by atoms with van der Waals surface area (Å²) in [4.78, 5) is 36.3. The van der Waals surface area contributed by atoms with E-state index in [9.17, 15) is 14.4 Å². The predicted octanol–water partition coefficient (Wildman–Crippen LogP) is -1.41. The van der Waals surface area contributed by atoms with Crippen LogP contribution in [-0.2, 0) is 9.59 Å². The van der Waals surface area contributed by atoms with Crippen molar-refractivity contribution in [3.05, 3.63) is 0 Å². The molecule has 0 saturated carbocycles. The Balaban J connectivity index is 2.16. The Morgan fingerprint density at radius 2 is 1.76 bits per heavy atom. The van der Waals surface area contributed by atoms with Gasteiger partial charge < -0.3 is 26.2 Å². The summed E-state index contributed by atoms with van der Waals surface area (Å²) < 4.78 is 0. The molecule has 0 aliphatic carbocycles. The molecule has 120 valence electrons. The van der Waals surface area contributed by atoms with E-state index in [0.29, 0.717) is 45.6 Å². The molecule has 0 unspecified atom stereocenters. The molecule has 1 fully saturated rings. The molecule has 0 bridgehead atoms. The van der Waals surface area contributed by atoms with Crippen molar-refractivity contribution >= 4 is 18.0 Å². The van der Waals surface area contributed by atoms with Gasteiger partial charge >= 0.3 is 18.0 Å². The average molecular weight is 302 g/mol. The van der Waals surface area contributed by atoms with Crippen molar-refractivity contribution < 1.29 is 24.6 Å². The molecule has 2 amide bonds. The van der Waals surface area contributed by atoms with Crippen LogP contribution in [0, 0.1) is 0 Å². The number of rotatable bonds is 7. The minimum atomic E-state index is -1.05. The van der Waals surface area contributed by atoms with Gasteiger partial charge in [0.25, 0.3) is 0 Å². The van der Waals surface area contributed by atoms with Crippen LogP contribution < -0.4 is 11.1 Å². The van der Waals surface area contributed by atoms with Gasteiger partial charge in [-0.25, -0.2) is 4.79 Å². The maximum Gasteiger partial charge on any atom is 0.320 e. The Bertz CT molecular complexity index is 382. The second-order valence-electron chi connectivity index (χ2n) is 4.98. The number of nitrogens with two attached hydrogens (primary N) is 1. The number of amides is 2. The zero-order valence-corrected chi connectivity index (χ0v) is 11.8. The maximum absolute atomic E-state index is 11.8. The van der Waals surface area contributed by atoms with Crippen LogP contribution in [0.5, 0.6) is 0 Å². The van der Waals surface area contributed by atoms with Gasteiger partial charge in [-0.05, 0) is 12.8 Å². The highest BCUT2D eigenvalue weighted by Crippen LogP contribution is 2.02. The summed E-state index contributed by atoms with van der Waals surface area (Å²) in [6, 6.07) is -1.12. The largest absolute Gasteiger partial charge is 0.480 e. The molecule has 21 heavy (non-hydrogen) atoms. The fourth-order valence-corrected chi connectivity index (χ4v) is 2.05. The monoisotopic (exact) mass is 302 g/mol. The smallest absolute Gasteiger partial charge is 0.320 e.